The van der Waals surface area contributed by atoms with Crippen molar-refractivity contribution in [1.29, 1.82) is 0 Å². The van der Waals surface area contributed by atoms with Gasteiger partial charge in [-0.25, -0.2) is 0 Å². The molecule has 0 spiro atoms. The van der Waals surface area contributed by atoms with E-state index in [2.05, 4.69) is 4.74 Å². The quantitative estimate of drug-likeness (QED) is 0.496. The molecule has 2 aliphatic rings. The fraction of sp³-hybridized carbons (Fsp3) is 0.769. The Morgan fingerprint density at radius 1 is 0.905 bits per heavy atom. The Morgan fingerprint density at radius 3 is 2.14 bits per heavy atom. The molecule has 0 radical (unpaired) electrons. The Labute approximate surface area is 123 Å². The largest absolute Gasteiger partial charge is 0.438 e. The Balaban J connectivity index is 0.00000106. The van der Waals surface area contributed by atoms with Gasteiger partial charge >= 0.3 is 17.9 Å². The molecular weight excluding hydrogens is 280 g/mol. The van der Waals surface area contributed by atoms with Gasteiger partial charge in [0.25, 0.3) is 0 Å². The molecule has 8 nitrogen and oxygen atoms in total. The second-order valence-electron chi connectivity index (χ2n) is 4.38. The van der Waals surface area contributed by atoms with E-state index in [1.165, 1.54) is 0 Å². The van der Waals surface area contributed by atoms with Crippen molar-refractivity contribution in [3.63, 3.8) is 0 Å². The van der Waals surface area contributed by atoms with Gasteiger partial charge in [-0.3, -0.25) is 24.2 Å². The first-order valence-corrected chi connectivity index (χ1v) is 7.05. The van der Waals surface area contributed by atoms with Crippen LogP contribution >= 0.6 is 0 Å². The Kier molecular flexibility index (Phi) is 7.88. The maximum absolute atomic E-state index is 11.3. The fourth-order valence-corrected chi connectivity index (χ4v) is 1.91. The average Bonchev–Trinajstić information content (AvgIpc) is 2.42. The van der Waals surface area contributed by atoms with Gasteiger partial charge in [0.15, 0.2) is 6.79 Å². The molecule has 0 aliphatic carbocycles. The molecule has 120 valence electrons. The summed E-state index contributed by atoms with van der Waals surface area (Å²) < 4.78 is 14.3. The lowest BCUT2D eigenvalue weighted by Crippen LogP contribution is -2.47. The molecule has 8 heteroatoms. The number of morpholine rings is 1. The van der Waals surface area contributed by atoms with E-state index in [1.807, 2.05) is 18.7 Å². The molecule has 0 aromatic heterocycles. The third-order valence-electron chi connectivity index (χ3n) is 2.87. The molecule has 0 amide bonds. The van der Waals surface area contributed by atoms with Crippen molar-refractivity contribution in [3.8, 4) is 0 Å². The fourth-order valence-electron chi connectivity index (χ4n) is 1.91. The van der Waals surface area contributed by atoms with Crippen LogP contribution < -0.4 is 0 Å². The van der Waals surface area contributed by atoms with Crippen LogP contribution in [0.5, 0.6) is 0 Å². The summed E-state index contributed by atoms with van der Waals surface area (Å²) in [7, 11) is 0. The number of hydrogen-bond donors (Lipinski definition) is 0. The summed E-state index contributed by atoms with van der Waals surface area (Å²) in [6.07, 6.45) is 0. The van der Waals surface area contributed by atoms with Gasteiger partial charge in [0.2, 0.25) is 0 Å². The minimum Gasteiger partial charge on any atom is -0.438 e. The van der Waals surface area contributed by atoms with Crippen LogP contribution in [0.3, 0.4) is 0 Å². The van der Waals surface area contributed by atoms with E-state index in [0.717, 1.165) is 0 Å². The van der Waals surface area contributed by atoms with Crippen molar-refractivity contribution >= 4 is 17.9 Å². The van der Waals surface area contributed by atoms with Gasteiger partial charge in [-0.2, -0.15) is 0 Å². The highest BCUT2D eigenvalue weighted by Gasteiger charge is 2.25. The topological polar surface area (TPSA) is 85.4 Å². The Bertz CT molecular complexity index is 358. The summed E-state index contributed by atoms with van der Waals surface area (Å²) in [6, 6.07) is 0. The predicted molar refractivity (Wildman–Crippen MR) is 72.2 cm³/mol. The van der Waals surface area contributed by atoms with Crippen LogP contribution in [0.25, 0.3) is 0 Å². The average molecular weight is 302 g/mol. The maximum atomic E-state index is 11.3. The number of rotatable bonds is 3. The number of cyclic esters (lactones) is 3. The minimum absolute atomic E-state index is 0.000852. The van der Waals surface area contributed by atoms with Gasteiger partial charge in [0, 0.05) is 19.6 Å². The zero-order valence-corrected chi connectivity index (χ0v) is 12.5. The second kappa shape index (κ2) is 9.43. The van der Waals surface area contributed by atoms with Crippen LogP contribution in [0.15, 0.2) is 0 Å². The summed E-state index contributed by atoms with van der Waals surface area (Å²) in [5.41, 5.74) is 0. The van der Waals surface area contributed by atoms with E-state index in [-0.39, 0.29) is 32.4 Å². The van der Waals surface area contributed by atoms with Gasteiger partial charge in [-0.05, 0) is 0 Å². The molecule has 2 rings (SSSR count). The number of ether oxygens (including phenoxy) is 3. The number of carbonyl (C=O) groups excluding carboxylic acids is 3. The van der Waals surface area contributed by atoms with Gasteiger partial charge < -0.3 is 14.2 Å². The van der Waals surface area contributed by atoms with Crippen molar-refractivity contribution in [1.82, 2.24) is 9.80 Å². The highest BCUT2D eigenvalue weighted by atomic mass is 16.7. The van der Waals surface area contributed by atoms with Gasteiger partial charge in [-0.15, -0.1) is 0 Å². The van der Waals surface area contributed by atoms with E-state index in [0.29, 0.717) is 26.2 Å². The lowest BCUT2D eigenvalue weighted by molar-refractivity contribution is -0.168. The number of hydrogen-bond acceptors (Lipinski definition) is 8. The van der Waals surface area contributed by atoms with Crippen LogP contribution in [-0.2, 0) is 28.6 Å². The molecule has 0 unspecified atom stereocenters. The van der Waals surface area contributed by atoms with Crippen molar-refractivity contribution in [2.24, 2.45) is 0 Å². The monoisotopic (exact) mass is 302 g/mol. The molecule has 21 heavy (non-hydrogen) atoms. The Morgan fingerprint density at radius 2 is 1.48 bits per heavy atom. The number of carbonyl (C=O) groups is 3. The lowest BCUT2D eigenvalue weighted by atomic mass is 10.3. The van der Waals surface area contributed by atoms with Gasteiger partial charge in [0.1, 0.15) is 0 Å². The number of nitrogens with zero attached hydrogens (tertiary/aromatic N) is 2. The Hall–Kier alpha value is -1.51. The molecule has 2 saturated heterocycles. The van der Waals surface area contributed by atoms with Gasteiger partial charge in [-0.1, -0.05) is 13.8 Å². The number of esters is 3. The smallest absolute Gasteiger partial charge is 0.327 e. The lowest BCUT2D eigenvalue weighted by Gasteiger charge is -2.28. The molecular formula is C13H22N2O6. The maximum Gasteiger partial charge on any atom is 0.327 e. The molecule has 0 aromatic rings. The molecule has 0 N–H and O–H groups in total. The van der Waals surface area contributed by atoms with Crippen LogP contribution in [0.1, 0.15) is 13.8 Å². The first-order chi connectivity index (χ1) is 10.1. The van der Waals surface area contributed by atoms with E-state index in [9.17, 15) is 14.4 Å². The van der Waals surface area contributed by atoms with Crippen molar-refractivity contribution < 1.29 is 28.6 Å². The van der Waals surface area contributed by atoms with E-state index < -0.39 is 11.9 Å². The van der Waals surface area contributed by atoms with Crippen LogP contribution in [-0.4, -0.2) is 80.4 Å². The minimum atomic E-state index is -0.536. The first kappa shape index (κ1) is 17.5. The molecule has 2 aliphatic heterocycles. The predicted octanol–water partition coefficient (Wildman–Crippen LogP) is -0.769. The van der Waals surface area contributed by atoms with Gasteiger partial charge in [0.05, 0.1) is 26.2 Å². The zero-order chi connectivity index (χ0) is 15.7. The standard InChI is InChI=1S/C11H16N2O6.C2H6/c14-9-5-12(3-4-17-8-18-9)1-2-13-6-10(15)19-11(16)7-13;1-2/h1-8H2;1-2H3. The molecule has 0 aromatic carbocycles. The summed E-state index contributed by atoms with van der Waals surface area (Å²) in [6.45, 7) is 6.54. The van der Waals surface area contributed by atoms with Crippen LogP contribution in [0, 0.1) is 0 Å². The zero-order valence-electron chi connectivity index (χ0n) is 12.5. The van der Waals surface area contributed by atoms with Crippen LogP contribution in [0.4, 0.5) is 0 Å². The summed E-state index contributed by atoms with van der Waals surface area (Å²) in [5, 5.41) is 0. The molecule has 0 saturated carbocycles. The van der Waals surface area contributed by atoms with E-state index in [1.54, 1.807) is 4.90 Å². The highest BCUT2D eigenvalue weighted by Crippen LogP contribution is 2.02. The van der Waals surface area contributed by atoms with Crippen molar-refractivity contribution in [3.05, 3.63) is 0 Å². The summed E-state index contributed by atoms with van der Waals surface area (Å²) >= 11 is 0. The highest BCUT2D eigenvalue weighted by molar-refractivity contribution is 5.90. The third kappa shape index (κ3) is 6.65. The summed E-state index contributed by atoms with van der Waals surface area (Å²) in [4.78, 5) is 37.1. The van der Waals surface area contributed by atoms with Crippen molar-refractivity contribution in [2.75, 3.05) is 52.7 Å². The normalized spacial score (nSPS) is 21.5. The molecule has 2 fully saturated rings. The first-order valence-electron chi connectivity index (χ1n) is 7.05. The van der Waals surface area contributed by atoms with E-state index in [4.69, 9.17) is 9.47 Å². The van der Waals surface area contributed by atoms with Crippen molar-refractivity contribution in [2.45, 2.75) is 13.8 Å². The molecule has 0 bridgehead atoms. The molecule has 0 atom stereocenters. The van der Waals surface area contributed by atoms with E-state index >= 15 is 0 Å². The molecule has 2 heterocycles. The summed E-state index contributed by atoms with van der Waals surface area (Å²) in [5.74, 6) is -1.41. The SMILES string of the molecule is CC.O=C1CN(CCN2CC(=O)OC(=O)C2)CCOCO1. The third-order valence-corrected chi connectivity index (χ3v) is 2.87. The van der Waals surface area contributed by atoms with Crippen LogP contribution in [0.2, 0.25) is 0 Å². The second-order valence-corrected chi connectivity index (χ2v) is 4.38.